The molecule has 1 aromatic carbocycles. The van der Waals surface area contributed by atoms with Crippen LogP contribution in [0.2, 0.25) is 0 Å². The van der Waals surface area contributed by atoms with Crippen LogP contribution in [-0.2, 0) is 9.53 Å². The summed E-state index contributed by atoms with van der Waals surface area (Å²) in [6.07, 6.45) is 2.82. The van der Waals surface area contributed by atoms with Gasteiger partial charge in [0, 0.05) is 6.08 Å². The van der Waals surface area contributed by atoms with Gasteiger partial charge in [-0.05, 0) is 35.2 Å². The highest BCUT2D eigenvalue weighted by Crippen LogP contribution is 2.40. The molecule has 2 aromatic rings. The average Bonchev–Trinajstić information content (AvgIpc) is 3.18. The van der Waals surface area contributed by atoms with Crippen LogP contribution in [0.4, 0.5) is 0 Å². The van der Waals surface area contributed by atoms with Crippen LogP contribution < -0.4 is 14.2 Å². The molecular weight excluding hydrogens is 344 g/mol. The lowest BCUT2D eigenvalue weighted by Gasteiger charge is -2.20. The maximum atomic E-state index is 11.8. The highest BCUT2D eigenvalue weighted by atomic mass is 32.1. The van der Waals surface area contributed by atoms with Crippen molar-refractivity contribution in [2.45, 2.75) is 0 Å². The first-order chi connectivity index (χ1) is 12.2. The largest absolute Gasteiger partial charge is 0.493 e. The second-order valence-corrected chi connectivity index (χ2v) is 6.04. The van der Waals surface area contributed by atoms with Crippen molar-refractivity contribution in [1.82, 2.24) is 0 Å². The maximum absolute atomic E-state index is 11.8. The smallest absolute Gasteiger partial charge is 0.331 e. The van der Waals surface area contributed by atoms with Crippen LogP contribution >= 0.6 is 11.3 Å². The van der Waals surface area contributed by atoms with Crippen LogP contribution in [0.15, 0.2) is 35.7 Å². The van der Waals surface area contributed by atoms with Crippen molar-refractivity contribution in [3.8, 4) is 17.2 Å². The number of ether oxygens (including phenoxy) is 4. The molecule has 7 heteroatoms. The number of thiophene rings is 1. The van der Waals surface area contributed by atoms with Gasteiger partial charge >= 0.3 is 5.97 Å². The molecule has 0 atom stereocenters. The van der Waals surface area contributed by atoms with E-state index in [0.29, 0.717) is 40.9 Å². The number of hydrogen-bond donors (Lipinski definition) is 0. The third kappa shape index (κ3) is 4.19. The van der Waals surface area contributed by atoms with Crippen molar-refractivity contribution < 1.29 is 28.5 Å². The molecule has 3 rings (SSSR count). The Labute approximate surface area is 148 Å². The summed E-state index contributed by atoms with van der Waals surface area (Å²) in [7, 11) is 1.53. The first kappa shape index (κ1) is 17.0. The molecule has 130 valence electrons. The van der Waals surface area contributed by atoms with Crippen molar-refractivity contribution in [1.29, 1.82) is 0 Å². The number of benzene rings is 1. The third-order valence-electron chi connectivity index (χ3n) is 3.40. The van der Waals surface area contributed by atoms with Crippen molar-refractivity contribution in [2.24, 2.45) is 0 Å². The van der Waals surface area contributed by atoms with E-state index >= 15 is 0 Å². The Bertz CT molecular complexity index is 777. The van der Waals surface area contributed by atoms with Gasteiger partial charge in [0.15, 0.2) is 18.1 Å². The Morgan fingerprint density at radius 1 is 1.28 bits per heavy atom. The van der Waals surface area contributed by atoms with Crippen molar-refractivity contribution >= 4 is 29.2 Å². The minimum atomic E-state index is -0.598. The summed E-state index contributed by atoms with van der Waals surface area (Å²) in [4.78, 5) is 24.1. The van der Waals surface area contributed by atoms with E-state index in [4.69, 9.17) is 18.9 Å². The number of carbonyl (C=O) groups is 2. The number of Topliss-reactive ketones (excluding diaryl/α,β-unsaturated/α-hetero) is 1. The molecule has 25 heavy (non-hydrogen) atoms. The molecule has 0 unspecified atom stereocenters. The van der Waals surface area contributed by atoms with E-state index in [1.807, 2.05) is 0 Å². The molecule has 0 aliphatic carbocycles. The highest BCUT2D eigenvalue weighted by Gasteiger charge is 2.18. The Morgan fingerprint density at radius 3 is 2.88 bits per heavy atom. The summed E-state index contributed by atoms with van der Waals surface area (Å²) < 4.78 is 21.3. The molecular formula is C18H16O6S. The van der Waals surface area contributed by atoms with Gasteiger partial charge in [0.25, 0.3) is 0 Å². The van der Waals surface area contributed by atoms with E-state index in [9.17, 15) is 9.59 Å². The topological polar surface area (TPSA) is 71.1 Å². The zero-order chi connectivity index (χ0) is 17.6. The van der Waals surface area contributed by atoms with Gasteiger partial charge in [0.1, 0.15) is 13.2 Å². The predicted molar refractivity (Wildman–Crippen MR) is 92.6 cm³/mol. The van der Waals surface area contributed by atoms with Gasteiger partial charge in [-0.15, -0.1) is 11.3 Å². The Morgan fingerprint density at radius 2 is 2.12 bits per heavy atom. The molecule has 1 aliphatic heterocycles. The zero-order valence-electron chi connectivity index (χ0n) is 13.5. The van der Waals surface area contributed by atoms with Crippen molar-refractivity contribution in [2.75, 3.05) is 26.9 Å². The molecule has 0 N–H and O–H groups in total. The number of carbonyl (C=O) groups excluding carboxylic acids is 2. The summed E-state index contributed by atoms with van der Waals surface area (Å²) in [5.41, 5.74) is 0.697. The van der Waals surface area contributed by atoms with Crippen LogP contribution in [0, 0.1) is 0 Å². The number of ketones is 1. The van der Waals surface area contributed by atoms with Crippen LogP contribution in [0.25, 0.3) is 6.08 Å². The lowest BCUT2D eigenvalue weighted by Crippen LogP contribution is -2.16. The third-order valence-corrected chi connectivity index (χ3v) is 4.31. The first-order valence-electron chi connectivity index (χ1n) is 7.56. The molecule has 0 saturated heterocycles. The average molecular weight is 360 g/mol. The Hall–Kier alpha value is -2.80. The van der Waals surface area contributed by atoms with E-state index in [2.05, 4.69) is 0 Å². The summed E-state index contributed by atoms with van der Waals surface area (Å²) in [5.74, 6) is 0.816. The molecule has 1 aliphatic rings. The molecule has 6 nitrogen and oxygen atoms in total. The van der Waals surface area contributed by atoms with E-state index in [-0.39, 0.29) is 12.4 Å². The number of fused-ring (bicyclic) bond motifs is 1. The lowest BCUT2D eigenvalue weighted by molar-refractivity contribution is -0.136. The van der Waals surface area contributed by atoms with Crippen LogP contribution in [0.1, 0.15) is 15.2 Å². The van der Waals surface area contributed by atoms with Gasteiger partial charge in [-0.1, -0.05) is 6.07 Å². The van der Waals surface area contributed by atoms with Crippen LogP contribution in [0.5, 0.6) is 17.2 Å². The molecule has 0 amide bonds. The van der Waals surface area contributed by atoms with Gasteiger partial charge in [-0.2, -0.15) is 0 Å². The maximum Gasteiger partial charge on any atom is 0.331 e. The standard InChI is InChI=1S/C18H16O6S/c1-21-14-9-12(10-15-18(14)23-7-6-22-15)4-5-17(20)24-11-13(19)16-3-2-8-25-16/h2-5,8-10H,6-7,11H2,1H3/b5-4+. The minimum absolute atomic E-state index is 0.224. The summed E-state index contributed by atoms with van der Waals surface area (Å²) in [6, 6.07) is 6.94. The van der Waals surface area contributed by atoms with E-state index in [1.54, 1.807) is 35.7 Å². The fourth-order valence-electron chi connectivity index (χ4n) is 2.25. The molecule has 0 bridgehead atoms. The SMILES string of the molecule is COc1cc(/C=C/C(=O)OCC(=O)c2cccs2)cc2c1OCCO2. The number of esters is 1. The quantitative estimate of drug-likeness (QED) is 0.448. The normalized spacial score (nSPS) is 12.8. The number of methoxy groups -OCH3 is 1. The van der Waals surface area contributed by atoms with Gasteiger partial charge in [-0.3, -0.25) is 4.79 Å². The Balaban J connectivity index is 1.63. The molecule has 0 saturated carbocycles. The fourth-order valence-corrected chi connectivity index (χ4v) is 2.90. The molecule has 1 aromatic heterocycles. The monoisotopic (exact) mass is 360 g/mol. The number of rotatable bonds is 6. The highest BCUT2D eigenvalue weighted by molar-refractivity contribution is 7.12. The summed E-state index contributed by atoms with van der Waals surface area (Å²) >= 11 is 1.31. The lowest BCUT2D eigenvalue weighted by atomic mass is 10.1. The van der Waals surface area contributed by atoms with E-state index in [0.717, 1.165) is 0 Å². The first-order valence-corrected chi connectivity index (χ1v) is 8.44. The predicted octanol–water partition coefficient (Wildman–Crippen LogP) is 2.97. The second kappa shape index (κ2) is 7.85. The minimum Gasteiger partial charge on any atom is -0.493 e. The summed E-state index contributed by atoms with van der Waals surface area (Å²) in [5, 5.41) is 1.80. The molecule has 0 spiro atoms. The summed E-state index contributed by atoms with van der Waals surface area (Å²) in [6.45, 7) is 0.632. The van der Waals surface area contributed by atoms with Crippen LogP contribution in [0.3, 0.4) is 0 Å². The fraction of sp³-hybridized carbons (Fsp3) is 0.222. The zero-order valence-corrected chi connectivity index (χ0v) is 14.3. The van der Waals surface area contributed by atoms with Crippen molar-refractivity contribution in [3.05, 3.63) is 46.2 Å². The van der Waals surface area contributed by atoms with Crippen molar-refractivity contribution in [3.63, 3.8) is 0 Å². The molecule has 0 radical (unpaired) electrons. The van der Waals surface area contributed by atoms with Gasteiger partial charge in [-0.25, -0.2) is 4.79 Å². The molecule has 0 fully saturated rings. The van der Waals surface area contributed by atoms with Gasteiger partial charge < -0.3 is 18.9 Å². The van der Waals surface area contributed by atoms with Gasteiger partial charge in [0.05, 0.1) is 12.0 Å². The van der Waals surface area contributed by atoms with Crippen LogP contribution in [-0.4, -0.2) is 38.7 Å². The van der Waals surface area contributed by atoms with Gasteiger partial charge in [0.2, 0.25) is 11.5 Å². The molecule has 2 heterocycles. The van der Waals surface area contributed by atoms with E-state index in [1.165, 1.54) is 24.5 Å². The Kier molecular flexibility index (Phi) is 5.35. The second-order valence-electron chi connectivity index (χ2n) is 5.09. The van der Waals surface area contributed by atoms with E-state index < -0.39 is 5.97 Å². The number of hydrogen-bond acceptors (Lipinski definition) is 7.